The monoisotopic (exact) mass is 398 g/mol. The van der Waals surface area contributed by atoms with E-state index in [1.165, 1.54) is 0 Å². The summed E-state index contributed by atoms with van der Waals surface area (Å²) in [4.78, 5) is 12.6. The van der Waals surface area contributed by atoms with Crippen molar-refractivity contribution in [3.8, 4) is 0 Å². The van der Waals surface area contributed by atoms with Crippen molar-refractivity contribution in [1.29, 1.82) is 0 Å². The van der Waals surface area contributed by atoms with Crippen molar-refractivity contribution in [3.63, 3.8) is 0 Å². The first-order valence-corrected chi connectivity index (χ1v) is 9.80. The van der Waals surface area contributed by atoms with E-state index in [2.05, 4.69) is 17.5 Å². The van der Waals surface area contributed by atoms with Gasteiger partial charge in [0.25, 0.3) is 5.91 Å². The number of benzene rings is 2. The summed E-state index contributed by atoms with van der Waals surface area (Å²) in [7, 11) is 0. The summed E-state index contributed by atoms with van der Waals surface area (Å²) >= 11 is 0. The number of nitrogens with one attached hydrogen (secondary N) is 1. The molecule has 0 fully saturated rings. The third-order valence-corrected chi connectivity index (χ3v) is 4.12. The SMILES string of the molecule is CCCOCc1cc(N)ccc1/C=N/NC(=O)c1ccc(N)cc1COCCC. The molecular formula is C22H30N4O3. The summed E-state index contributed by atoms with van der Waals surface area (Å²) in [6.07, 6.45) is 3.43. The molecule has 156 valence electrons. The number of ether oxygens (including phenoxy) is 2. The van der Waals surface area contributed by atoms with Crippen LogP contribution in [0.1, 0.15) is 53.7 Å². The Hall–Kier alpha value is -2.90. The fourth-order valence-electron chi connectivity index (χ4n) is 2.70. The van der Waals surface area contributed by atoms with E-state index < -0.39 is 0 Å². The number of nitrogens with zero attached hydrogens (tertiary/aromatic N) is 1. The molecule has 0 saturated carbocycles. The predicted octanol–water partition coefficient (Wildman–Crippen LogP) is 3.47. The first kappa shape index (κ1) is 22.4. The Morgan fingerprint density at radius 3 is 2.21 bits per heavy atom. The zero-order chi connectivity index (χ0) is 21.1. The number of nitrogens with two attached hydrogens (primary N) is 2. The van der Waals surface area contributed by atoms with Crippen molar-refractivity contribution in [2.24, 2.45) is 5.10 Å². The minimum Gasteiger partial charge on any atom is -0.399 e. The third-order valence-electron chi connectivity index (χ3n) is 4.12. The second-order valence-corrected chi connectivity index (χ2v) is 6.68. The summed E-state index contributed by atoms with van der Waals surface area (Å²) in [6.45, 7) is 6.12. The quantitative estimate of drug-likeness (QED) is 0.232. The van der Waals surface area contributed by atoms with Crippen LogP contribution in [0.25, 0.3) is 0 Å². The lowest BCUT2D eigenvalue weighted by molar-refractivity contribution is 0.0941. The Morgan fingerprint density at radius 2 is 1.55 bits per heavy atom. The van der Waals surface area contributed by atoms with Crippen LogP contribution in [0.4, 0.5) is 11.4 Å². The summed E-state index contributed by atoms with van der Waals surface area (Å²) in [5.74, 6) is -0.324. The van der Waals surface area contributed by atoms with E-state index in [9.17, 15) is 4.79 Å². The Kier molecular flexibility index (Phi) is 9.14. The van der Waals surface area contributed by atoms with E-state index in [1.807, 2.05) is 19.1 Å². The molecule has 1 amide bonds. The van der Waals surface area contributed by atoms with Gasteiger partial charge in [-0.25, -0.2) is 5.43 Å². The highest BCUT2D eigenvalue weighted by Crippen LogP contribution is 2.16. The standard InChI is InChI=1S/C22H30N4O3/c1-3-9-28-14-17-11-19(23)6-5-16(17)13-25-26-22(27)21-8-7-20(24)12-18(21)15-29-10-4-2/h5-8,11-13H,3-4,9-10,14-15,23-24H2,1-2H3,(H,26,27)/b25-13+. The van der Waals surface area contributed by atoms with Gasteiger partial charge in [0.1, 0.15) is 0 Å². The van der Waals surface area contributed by atoms with Crippen molar-refractivity contribution in [1.82, 2.24) is 5.43 Å². The van der Waals surface area contributed by atoms with E-state index in [0.29, 0.717) is 43.4 Å². The largest absolute Gasteiger partial charge is 0.399 e. The van der Waals surface area contributed by atoms with Crippen LogP contribution in [0, 0.1) is 0 Å². The number of hydrazone groups is 1. The lowest BCUT2D eigenvalue weighted by Gasteiger charge is -2.10. The number of carbonyl (C=O) groups excluding carboxylic acids is 1. The van der Waals surface area contributed by atoms with Crippen LogP contribution in [0.5, 0.6) is 0 Å². The first-order chi connectivity index (χ1) is 14.0. The Labute approximate surface area is 172 Å². The van der Waals surface area contributed by atoms with Gasteiger partial charge in [-0.15, -0.1) is 0 Å². The Balaban J connectivity index is 2.08. The van der Waals surface area contributed by atoms with E-state index in [1.54, 1.807) is 30.5 Å². The molecule has 0 aromatic heterocycles. The molecule has 0 bridgehead atoms. The van der Waals surface area contributed by atoms with Crippen LogP contribution in [0.2, 0.25) is 0 Å². The number of hydrogen-bond acceptors (Lipinski definition) is 6. The molecule has 2 rings (SSSR count). The van der Waals surface area contributed by atoms with Gasteiger partial charge in [-0.1, -0.05) is 19.9 Å². The lowest BCUT2D eigenvalue weighted by atomic mass is 10.1. The minimum absolute atomic E-state index is 0.322. The molecule has 2 aromatic rings. The zero-order valence-corrected chi connectivity index (χ0v) is 17.1. The second-order valence-electron chi connectivity index (χ2n) is 6.68. The molecule has 0 heterocycles. The smallest absolute Gasteiger partial charge is 0.271 e. The first-order valence-electron chi connectivity index (χ1n) is 9.80. The number of anilines is 2. The molecule has 2 aromatic carbocycles. The summed E-state index contributed by atoms with van der Waals surface area (Å²) in [6, 6.07) is 10.6. The maximum atomic E-state index is 12.6. The lowest BCUT2D eigenvalue weighted by Crippen LogP contribution is -2.20. The van der Waals surface area contributed by atoms with Crippen LogP contribution < -0.4 is 16.9 Å². The molecule has 5 N–H and O–H groups in total. The minimum atomic E-state index is -0.324. The molecule has 0 radical (unpaired) electrons. The van der Waals surface area contributed by atoms with Crippen LogP contribution in [-0.4, -0.2) is 25.3 Å². The molecule has 0 atom stereocenters. The zero-order valence-electron chi connectivity index (χ0n) is 17.1. The van der Waals surface area contributed by atoms with E-state index in [-0.39, 0.29) is 5.91 Å². The fraction of sp³-hybridized carbons (Fsp3) is 0.364. The van der Waals surface area contributed by atoms with E-state index in [4.69, 9.17) is 20.9 Å². The average molecular weight is 399 g/mol. The number of carbonyl (C=O) groups is 1. The predicted molar refractivity (Wildman–Crippen MR) is 117 cm³/mol. The van der Waals surface area contributed by atoms with Gasteiger partial charge in [0.15, 0.2) is 0 Å². The molecule has 0 aliphatic carbocycles. The van der Waals surface area contributed by atoms with Crippen LogP contribution in [-0.2, 0) is 22.7 Å². The molecule has 29 heavy (non-hydrogen) atoms. The molecule has 0 aliphatic heterocycles. The summed E-state index contributed by atoms with van der Waals surface area (Å²) < 4.78 is 11.2. The highest BCUT2D eigenvalue weighted by atomic mass is 16.5. The molecule has 0 aliphatic rings. The van der Waals surface area contributed by atoms with Crippen molar-refractivity contribution in [2.75, 3.05) is 24.7 Å². The van der Waals surface area contributed by atoms with Gasteiger partial charge in [0.2, 0.25) is 0 Å². The van der Waals surface area contributed by atoms with Gasteiger partial charge in [-0.3, -0.25) is 4.79 Å². The molecule has 7 heteroatoms. The van der Waals surface area contributed by atoms with Crippen LogP contribution in [0.3, 0.4) is 0 Å². The highest BCUT2D eigenvalue weighted by Gasteiger charge is 2.11. The Morgan fingerprint density at radius 1 is 0.966 bits per heavy atom. The maximum Gasteiger partial charge on any atom is 0.271 e. The van der Waals surface area contributed by atoms with Crippen molar-refractivity contribution in [2.45, 2.75) is 39.9 Å². The normalized spacial score (nSPS) is 11.1. The van der Waals surface area contributed by atoms with Gasteiger partial charge in [0.05, 0.1) is 19.4 Å². The molecule has 7 nitrogen and oxygen atoms in total. The third kappa shape index (κ3) is 7.21. The topological polar surface area (TPSA) is 112 Å². The van der Waals surface area contributed by atoms with Crippen molar-refractivity contribution >= 4 is 23.5 Å². The van der Waals surface area contributed by atoms with Crippen LogP contribution >= 0.6 is 0 Å². The van der Waals surface area contributed by atoms with Gasteiger partial charge in [-0.05, 0) is 54.3 Å². The molecule has 0 saturated heterocycles. The van der Waals surface area contributed by atoms with Gasteiger partial charge >= 0.3 is 0 Å². The van der Waals surface area contributed by atoms with Crippen LogP contribution in [0.15, 0.2) is 41.5 Å². The highest BCUT2D eigenvalue weighted by molar-refractivity contribution is 5.96. The maximum absolute atomic E-state index is 12.6. The van der Waals surface area contributed by atoms with Gasteiger partial charge < -0.3 is 20.9 Å². The number of amides is 1. The van der Waals surface area contributed by atoms with Gasteiger partial charge in [-0.2, -0.15) is 5.10 Å². The number of rotatable bonds is 11. The number of hydrogen-bond donors (Lipinski definition) is 3. The van der Waals surface area contributed by atoms with E-state index in [0.717, 1.165) is 29.5 Å². The van der Waals surface area contributed by atoms with Crippen molar-refractivity contribution < 1.29 is 14.3 Å². The molecule has 0 unspecified atom stereocenters. The van der Waals surface area contributed by atoms with Crippen molar-refractivity contribution in [3.05, 3.63) is 58.7 Å². The second kappa shape index (κ2) is 11.8. The van der Waals surface area contributed by atoms with E-state index >= 15 is 0 Å². The summed E-state index contributed by atoms with van der Waals surface area (Å²) in [5.41, 5.74) is 18.5. The summed E-state index contributed by atoms with van der Waals surface area (Å²) in [5, 5.41) is 4.10. The number of nitrogen functional groups attached to an aromatic ring is 2. The molecule has 0 spiro atoms. The Bertz CT molecular complexity index is 837. The molecular weight excluding hydrogens is 368 g/mol. The average Bonchev–Trinajstić information content (AvgIpc) is 2.70. The fourth-order valence-corrected chi connectivity index (χ4v) is 2.70. The van der Waals surface area contributed by atoms with Gasteiger partial charge in [0, 0.05) is 35.7 Å².